The molecule has 5 heteroatoms. The number of halogens is 1. The Balaban J connectivity index is 1.43. The lowest BCUT2D eigenvalue weighted by Crippen LogP contribution is -2.51. The van der Waals surface area contributed by atoms with E-state index in [9.17, 15) is 14.3 Å². The SMILES string of the molecule is [C-]#[N+]C1(c2ccc(F)cc2)CCC(N2CCC(C(=O)O)(c3ccccc3)CC2)CC1. The maximum Gasteiger partial charge on any atom is 0.314 e. The Hall–Kier alpha value is -2.71. The van der Waals surface area contributed by atoms with E-state index in [2.05, 4.69) is 9.74 Å². The van der Waals surface area contributed by atoms with Crippen LogP contribution in [0.3, 0.4) is 0 Å². The van der Waals surface area contributed by atoms with Gasteiger partial charge in [0.1, 0.15) is 5.82 Å². The largest absolute Gasteiger partial charge is 0.481 e. The summed E-state index contributed by atoms with van der Waals surface area (Å²) in [5.74, 6) is -1.01. The molecule has 0 unspecified atom stereocenters. The van der Waals surface area contributed by atoms with Crippen LogP contribution in [0.15, 0.2) is 54.6 Å². The molecule has 1 aliphatic carbocycles. The number of benzene rings is 2. The van der Waals surface area contributed by atoms with Gasteiger partial charge in [-0.15, -0.1) is 0 Å². The molecule has 1 heterocycles. The second-order valence-electron chi connectivity index (χ2n) is 8.67. The minimum Gasteiger partial charge on any atom is -0.481 e. The van der Waals surface area contributed by atoms with E-state index in [1.54, 1.807) is 12.1 Å². The lowest BCUT2D eigenvalue weighted by atomic mass is 9.71. The molecule has 1 N–H and O–H groups in total. The molecule has 30 heavy (non-hydrogen) atoms. The van der Waals surface area contributed by atoms with Crippen molar-refractivity contribution >= 4 is 5.97 Å². The van der Waals surface area contributed by atoms with Gasteiger partial charge < -0.3 is 14.9 Å². The van der Waals surface area contributed by atoms with Crippen LogP contribution in [0, 0.1) is 12.4 Å². The van der Waals surface area contributed by atoms with Crippen molar-refractivity contribution in [1.29, 1.82) is 0 Å². The Morgan fingerprint density at radius 3 is 2.10 bits per heavy atom. The molecule has 2 fully saturated rings. The zero-order valence-electron chi connectivity index (χ0n) is 17.1. The predicted octanol–water partition coefficient (Wildman–Crippen LogP) is 5.00. The zero-order chi connectivity index (χ0) is 21.2. The number of aliphatic carboxylic acids is 1. The van der Waals surface area contributed by atoms with Crippen molar-refractivity contribution in [3.05, 3.63) is 83.0 Å². The van der Waals surface area contributed by atoms with Crippen LogP contribution in [0.25, 0.3) is 4.85 Å². The summed E-state index contributed by atoms with van der Waals surface area (Å²) in [5.41, 5.74) is 0.435. The Kier molecular flexibility index (Phi) is 5.62. The number of hydrogen-bond donors (Lipinski definition) is 1. The lowest BCUT2D eigenvalue weighted by molar-refractivity contribution is -0.146. The Bertz CT molecular complexity index is 920. The first kappa shape index (κ1) is 20.6. The van der Waals surface area contributed by atoms with Crippen LogP contribution in [0.1, 0.15) is 49.7 Å². The van der Waals surface area contributed by atoms with Crippen molar-refractivity contribution in [3.63, 3.8) is 0 Å². The molecular formula is C25H27FN2O2. The molecule has 1 saturated carbocycles. The van der Waals surface area contributed by atoms with E-state index in [1.807, 2.05) is 30.3 Å². The Morgan fingerprint density at radius 1 is 0.967 bits per heavy atom. The highest BCUT2D eigenvalue weighted by Gasteiger charge is 2.47. The van der Waals surface area contributed by atoms with Crippen molar-refractivity contribution in [2.45, 2.75) is 55.5 Å². The first-order valence-electron chi connectivity index (χ1n) is 10.7. The van der Waals surface area contributed by atoms with Gasteiger partial charge in [0, 0.05) is 24.4 Å². The molecule has 0 bridgehead atoms. The quantitative estimate of drug-likeness (QED) is 0.727. The molecule has 2 aromatic carbocycles. The molecule has 156 valence electrons. The molecule has 0 spiro atoms. The second-order valence-corrected chi connectivity index (χ2v) is 8.67. The number of carboxylic acids is 1. The molecule has 0 atom stereocenters. The fourth-order valence-corrected chi connectivity index (χ4v) is 5.32. The van der Waals surface area contributed by atoms with Crippen LogP contribution in [-0.4, -0.2) is 35.1 Å². The summed E-state index contributed by atoms with van der Waals surface area (Å²) in [4.78, 5) is 18.6. The third-order valence-electron chi connectivity index (χ3n) is 7.28. The molecule has 0 amide bonds. The number of piperidine rings is 1. The number of rotatable bonds is 4. The van der Waals surface area contributed by atoms with E-state index < -0.39 is 16.9 Å². The number of hydrogen-bond acceptors (Lipinski definition) is 2. The summed E-state index contributed by atoms with van der Waals surface area (Å²) < 4.78 is 13.3. The maximum absolute atomic E-state index is 13.3. The highest BCUT2D eigenvalue weighted by molar-refractivity contribution is 5.81. The number of carboxylic acid groups (broad SMARTS) is 1. The summed E-state index contributed by atoms with van der Waals surface area (Å²) in [7, 11) is 0. The summed E-state index contributed by atoms with van der Waals surface area (Å²) >= 11 is 0. The summed E-state index contributed by atoms with van der Waals surface area (Å²) in [5, 5.41) is 10.0. The number of carbonyl (C=O) groups is 1. The second kappa shape index (κ2) is 8.20. The molecule has 2 aliphatic rings. The van der Waals surface area contributed by atoms with Gasteiger partial charge in [0.15, 0.2) is 0 Å². The molecule has 4 rings (SSSR count). The van der Waals surface area contributed by atoms with E-state index in [1.165, 1.54) is 12.1 Å². The lowest BCUT2D eigenvalue weighted by Gasteiger charge is -2.44. The minimum atomic E-state index is -0.805. The average Bonchev–Trinajstić information content (AvgIpc) is 2.80. The van der Waals surface area contributed by atoms with Crippen LogP contribution < -0.4 is 0 Å². The van der Waals surface area contributed by atoms with E-state index in [0.717, 1.165) is 49.9 Å². The van der Waals surface area contributed by atoms with E-state index >= 15 is 0 Å². The van der Waals surface area contributed by atoms with Gasteiger partial charge in [0.2, 0.25) is 0 Å². The highest BCUT2D eigenvalue weighted by Crippen LogP contribution is 2.44. The molecular weight excluding hydrogens is 379 g/mol. The molecule has 0 radical (unpaired) electrons. The average molecular weight is 407 g/mol. The smallest absolute Gasteiger partial charge is 0.314 e. The van der Waals surface area contributed by atoms with Crippen LogP contribution in [0.4, 0.5) is 4.39 Å². The van der Waals surface area contributed by atoms with Gasteiger partial charge >= 0.3 is 5.97 Å². The van der Waals surface area contributed by atoms with Crippen molar-refractivity contribution in [2.75, 3.05) is 13.1 Å². The Labute approximate surface area is 177 Å². The summed E-state index contributed by atoms with van der Waals surface area (Å²) in [6.45, 7) is 9.31. The number of nitrogens with zero attached hydrogens (tertiary/aromatic N) is 2. The van der Waals surface area contributed by atoms with Gasteiger partial charge in [-0.25, -0.2) is 11.0 Å². The van der Waals surface area contributed by atoms with Crippen LogP contribution in [0.2, 0.25) is 0 Å². The molecule has 1 aliphatic heterocycles. The standard InChI is InChI=1S/C25H27FN2O2/c1-27-25(20-7-9-21(26)10-8-20)13-11-22(12-14-25)28-17-15-24(16-18-28,23(29)30)19-5-3-2-4-6-19/h2-10,22H,11-18H2,(H,29,30). The number of likely N-dealkylation sites (tertiary alicyclic amines) is 1. The summed E-state index contributed by atoms with van der Waals surface area (Å²) in [6.07, 6.45) is 4.54. The molecule has 4 nitrogen and oxygen atoms in total. The van der Waals surface area contributed by atoms with Crippen molar-refractivity contribution in [3.8, 4) is 0 Å². The fraction of sp³-hybridized carbons (Fsp3) is 0.440. The van der Waals surface area contributed by atoms with Crippen molar-refractivity contribution < 1.29 is 14.3 Å². The van der Waals surface area contributed by atoms with Gasteiger partial charge in [-0.1, -0.05) is 30.3 Å². The Morgan fingerprint density at radius 2 is 1.57 bits per heavy atom. The fourth-order valence-electron chi connectivity index (χ4n) is 5.32. The topological polar surface area (TPSA) is 44.9 Å². The van der Waals surface area contributed by atoms with Gasteiger partial charge in [-0.3, -0.25) is 4.79 Å². The van der Waals surface area contributed by atoms with Crippen molar-refractivity contribution in [1.82, 2.24) is 4.90 Å². The minimum absolute atomic E-state index is 0.277. The monoisotopic (exact) mass is 406 g/mol. The van der Waals surface area contributed by atoms with Gasteiger partial charge in [-0.05, 0) is 68.6 Å². The molecule has 2 aromatic rings. The predicted molar refractivity (Wildman–Crippen MR) is 113 cm³/mol. The third-order valence-corrected chi connectivity index (χ3v) is 7.28. The first-order chi connectivity index (χ1) is 14.5. The first-order valence-corrected chi connectivity index (χ1v) is 10.7. The molecule has 0 aromatic heterocycles. The maximum atomic E-state index is 13.3. The van der Waals surface area contributed by atoms with Crippen molar-refractivity contribution in [2.24, 2.45) is 0 Å². The third kappa shape index (κ3) is 3.61. The van der Waals surface area contributed by atoms with E-state index in [4.69, 9.17) is 6.57 Å². The van der Waals surface area contributed by atoms with Crippen LogP contribution >= 0.6 is 0 Å². The van der Waals surface area contributed by atoms with Gasteiger partial charge in [-0.2, -0.15) is 0 Å². The van der Waals surface area contributed by atoms with E-state index in [-0.39, 0.29) is 5.82 Å². The van der Waals surface area contributed by atoms with Crippen LogP contribution in [0.5, 0.6) is 0 Å². The summed E-state index contributed by atoms with van der Waals surface area (Å²) in [6, 6.07) is 16.3. The van der Waals surface area contributed by atoms with E-state index in [0.29, 0.717) is 18.9 Å². The normalized spacial score (nSPS) is 26.6. The highest BCUT2D eigenvalue weighted by atomic mass is 19.1. The van der Waals surface area contributed by atoms with Gasteiger partial charge in [0.25, 0.3) is 5.54 Å². The van der Waals surface area contributed by atoms with Gasteiger partial charge in [0.05, 0.1) is 5.41 Å². The zero-order valence-corrected chi connectivity index (χ0v) is 17.1. The van der Waals surface area contributed by atoms with Crippen LogP contribution in [-0.2, 0) is 15.7 Å². The molecule has 1 saturated heterocycles.